The van der Waals surface area contributed by atoms with Gasteiger partial charge in [0.2, 0.25) is 0 Å². The lowest BCUT2D eigenvalue weighted by Gasteiger charge is -2.15. The Hall–Kier alpha value is -2.87. The van der Waals surface area contributed by atoms with E-state index in [1.165, 1.54) is 24.3 Å². The first kappa shape index (κ1) is 27.4. The largest absolute Gasteiger partial charge is 0.507 e. The molecule has 2 heterocycles. The summed E-state index contributed by atoms with van der Waals surface area (Å²) in [6.07, 6.45) is 8.31. The van der Waals surface area contributed by atoms with Crippen LogP contribution in [0, 0.1) is 5.92 Å². The number of alkyl carbamates (subject to hydrolysis) is 1. The summed E-state index contributed by atoms with van der Waals surface area (Å²) in [6.45, 7) is 5.93. The Bertz CT molecular complexity index is 1040. The fourth-order valence-corrected chi connectivity index (χ4v) is 4.75. The van der Waals surface area contributed by atoms with Gasteiger partial charge in [-0.05, 0) is 50.7 Å². The van der Waals surface area contributed by atoms with Gasteiger partial charge < -0.3 is 14.3 Å². The Balaban J connectivity index is 2.07. The number of carbonyl (C=O) groups is 2. The molecule has 2 aromatic rings. The standard InChI is InChI=1S/C26H35NO6S/c1-5-7-11-19-12-13-20(34-19)15-18(6-2)24(29)23-21(28)16-22(33-25(23)30)17(3)10-8-9-14-27-26(31)32-4/h9,12-14,16-18,28H,5-8,10-11,15H2,1-4H3,(H,27,31)/b14-9+. The smallest absolute Gasteiger partial charge is 0.410 e. The van der Waals surface area contributed by atoms with Crippen LogP contribution in [0.15, 0.2) is 39.7 Å². The number of hydrogen-bond donors (Lipinski definition) is 2. The van der Waals surface area contributed by atoms with Gasteiger partial charge in [0.25, 0.3) is 0 Å². The molecule has 2 atom stereocenters. The minimum Gasteiger partial charge on any atom is -0.507 e. The molecule has 2 N–H and O–H groups in total. The molecular weight excluding hydrogens is 454 g/mol. The average molecular weight is 490 g/mol. The molecule has 186 valence electrons. The number of thiophene rings is 1. The van der Waals surface area contributed by atoms with E-state index >= 15 is 0 Å². The maximum absolute atomic E-state index is 13.1. The van der Waals surface area contributed by atoms with Crippen LogP contribution in [-0.4, -0.2) is 24.1 Å². The molecule has 0 saturated heterocycles. The van der Waals surface area contributed by atoms with E-state index in [-0.39, 0.29) is 23.0 Å². The van der Waals surface area contributed by atoms with Gasteiger partial charge in [-0.15, -0.1) is 11.3 Å². The number of Topliss-reactive ketones (excluding diaryl/α,β-unsaturated/α-hetero) is 1. The van der Waals surface area contributed by atoms with Crippen molar-refractivity contribution < 1.29 is 23.8 Å². The summed E-state index contributed by atoms with van der Waals surface area (Å²) in [5.41, 5.74) is -1.07. The predicted octanol–water partition coefficient (Wildman–Crippen LogP) is 5.95. The molecule has 0 bridgehead atoms. The normalized spacial score (nSPS) is 13.1. The Kier molecular flexibility index (Phi) is 11.1. The number of methoxy groups -OCH3 is 1. The molecule has 0 fully saturated rings. The fourth-order valence-electron chi connectivity index (χ4n) is 3.61. The lowest BCUT2D eigenvalue weighted by molar-refractivity contribution is 0.0908. The maximum atomic E-state index is 13.1. The topological polar surface area (TPSA) is 106 Å². The third kappa shape index (κ3) is 7.87. The van der Waals surface area contributed by atoms with Crippen LogP contribution in [0.5, 0.6) is 5.75 Å². The van der Waals surface area contributed by atoms with E-state index in [2.05, 4.69) is 23.0 Å². The lowest BCUT2D eigenvalue weighted by atomic mass is 9.91. The zero-order valence-corrected chi connectivity index (χ0v) is 21.2. The lowest BCUT2D eigenvalue weighted by Crippen LogP contribution is -2.23. The van der Waals surface area contributed by atoms with Crippen LogP contribution in [-0.2, 0) is 17.6 Å². The minimum absolute atomic E-state index is 0.167. The number of hydrogen-bond acceptors (Lipinski definition) is 7. The van der Waals surface area contributed by atoms with Crippen molar-refractivity contribution in [3.63, 3.8) is 0 Å². The zero-order valence-electron chi connectivity index (χ0n) is 20.4. The Morgan fingerprint density at radius 1 is 1.26 bits per heavy atom. The number of ketones is 1. The number of carbonyl (C=O) groups excluding carboxylic acids is 2. The number of ether oxygens (including phenoxy) is 1. The van der Waals surface area contributed by atoms with Crippen LogP contribution < -0.4 is 10.9 Å². The molecule has 2 unspecified atom stereocenters. The van der Waals surface area contributed by atoms with E-state index < -0.39 is 17.6 Å². The van der Waals surface area contributed by atoms with Gasteiger partial charge in [-0.3, -0.25) is 10.1 Å². The first-order valence-electron chi connectivity index (χ1n) is 11.8. The Morgan fingerprint density at radius 3 is 2.65 bits per heavy atom. The number of amides is 1. The van der Waals surface area contributed by atoms with E-state index in [1.807, 2.05) is 19.9 Å². The predicted molar refractivity (Wildman–Crippen MR) is 134 cm³/mol. The monoisotopic (exact) mass is 489 g/mol. The molecule has 0 radical (unpaired) electrons. The number of rotatable bonds is 13. The second kappa shape index (κ2) is 13.7. The fraction of sp³-hybridized carbons (Fsp3) is 0.500. The summed E-state index contributed by atoms with van der Waals surface area (Å²) < 4.78 is 9.90. The van der Waals surface area contributed by atoms with Gasteiger partial charge in [0, 0.05) is 33.9 Å². The van der Waals surface area contributed by atoms with E-state index in [4.69, 9.17) is 4.42 Å². The van der Waals surface area contributed by atoms with Crippen molar-refractivity contribution in [2.45, 2.75) is 71.6 Å². The second-order valence-corrected chi connectivity index (χ2v) is 9.61. The summed E-state index contributed by atoms with van der Waals surface area (Å²) in [5, 5.41) is 13.0. The van der Waals surface area contributed by atoms with Crippen LogP contribution >= 0.6 is 11.3 Å². The Labute approximate surface area is 204 Å². The van der Waals surface area contributed by atoms with Gasteiger partial charge in [-0.1, -0.05) is 33.3 Å². The van der Waals surface area contributed by atoms with Crippen molar-refractivity contribution in [3.8, 4) is 5.75 Å². The van der Waals surface area contributed by atoms with Crippen molar-refractivity contribution in [1.82, 2.24) is 5.32 Å². The molecule has 2 rings (SSSR count). The third-order valence-electron chi connectivity index (χ3n) is 5.76. The van der Waals surface area contributed by atoms with E-state index in [0.717, 1.165) is 24.1 Å². The van der Waals surface area contributed by atoms with Gasteiger partial charge in [-0.2, -0.15) is 0 Å². The van der Waals surface area contributed by atoms with Gasteiger partial charge in [0.15, 0.2) is 5.78 Å². The van der Waals surface area contributed by atoms with Crippen molar-refractivity contribution in [3.05, 3.63) is 62.0 Å². The molecule has 0 aliphatic carbocycles. The summed E-state index contributed by atoms with van der Waals surface area (Å²) in [4.78, 5) is 39.2. The highest BCUT2D eigenvalue weighted by atomic mass is 32.1. The van der Waals surface area contributed by atoms with Crippen molar-refractivity contribution in [1.29, 1.82) is 0 Å². The molecule has 7 nitrogen and oxygen atoms in total. The van der Waals surface area contributed by atoms with E-state index in [1.54, 1.807) is 17.4 Å². The highest BCUT2D eigenvalue weighted by molar-refractivity contribution is 7.12. The van der Waals surface area contributed by atoms with Crippen molar-refractivity contribution in [2.75, 3.05) is 7.11 Å². The molecule has 34 heavy (non-hydrogen) atoms. The molecule has 0 aromatic carbocycles. The molecule has 0 saturated carbocycles. The highest BCUT2D eigenvalue weighted by Crippen LogP contribution is 2.29. The van der Waals surface area contributed by atoms with Crippen LogP contribution in [0.3, 0.4) is 0 Å². The number of unbranched alkanes of at least 4 members (excludes halogenated alkanes) is 1. The van der Waals surface area contributed by atoms with Crippen LogP contribution in [0.25, 0.3) is 0 Å². The van der Waals surface area contributed by atoms with E-state index in [0.29, 0.717) is 31.4 Å². The molecule has 1 amide bonds. The number of aromatic hydroxyl groups is 1. The van der Waals surface area contributed by atoms with Gasteiger partial charge in [-0.25, -0.2) is 9.59 Å². The summed E-state index contributed by atoms with van der Waals surface area (Å²) in [5.74, 6) is -0.963. The van der Waals surface area contributed by atoms with Crippen LogP contribution in [0.1, 0.15) is 84.7 Å². The molecular formula is C26H35NO6S. The van der Waals surface area contributed by atoms with Gasteiger partial charge >= 0.3 is 11.7 Å². The van der Waals surface area contributed by atoms with Crippen LogP contribution in [0.2, 0.25) is 0 Å². The molecule has 8 heteroatoms. The van der Waals surface area contributed by atoms with Crippen LogP contribution in [0.4, 0.5) is 4.79 Å². The average Bonchev–Trinajstić information content (AvgIpc) is 3.27. The number of aryl methyl sites for hydroxylation is 1. The Morgan fingerprint density at radius 2 is 2.00 bits per heavy atom. The molecule has 0 aliphatic heterocycles. The quantitative estimate of drug-likeness (QED) is 0.337. The maximum Gasteiger partial charge on any atom is 0.410 e. The summed E-state index contributed by atoms with van der Waals surface area (Å²) in [7, 11) is 1.28. The SMILES string of the molecule is CCCCc1ccc(CC(CC)C(=O)c2c(O)cc(C(C)CC/C=C/NC(=O)OC)oc2=O)s1. The number of nitrogens with one attached hydrogen (secondary N) is 1. The molecule has 2 aromatic heterocycles. The molecule has 0 spiro atoms. The number of allylic oxidation sites excluding steroid dienone is 1. The van der Waals surface area contributed by atoms with Gasteiger partial charge in [0.05, 0.1) is 7.11 Å². The van der Waals surface area contributed by atoms with E-state index in [9.17, 15) is 19.5 Å². The second-order valence-electron chi connectivity index (χ2n) is 8.36. The van der Waals surface area contributed by atoms with Crippen molar-refractivity contribution in [2.24, 2.45) is 5.92 Å². The molecule has 0 aliphatic rings. The summed E-state index contributed by atoms with van der Waals surface area (Å²) >= 11 is 1.71. The first-order valence-corrected chi connectivity index (χ1v) is 12.6. The van der Waals surface area contributed by atoms with Gasteiger partial charge in [0.1, 0.15) is 17.1 Å². The highest BCUT2D eigenvalue weighted by Gasteiger charge is 2.27. The first-order chi connectivity index (χ1) is 16.3. The van der Waals surface area contributed by atoms with Crippen molar-refractivity contribution >= 4 is 23.2 Å². The third-order valence-corrected chi connectivity index (χ3v) is 6.93. The zero-order chi connectivity index (χ0) is 25.1. The summed E-state index contributed by atoms with van der Waals surface area (Å²) in [6, 6.07) is 5.53. The minimum atomic E-state index is -0.803.